The van der Waals surface area contributed by atoms with E-state index in [1.165, 1.54) is 38.5 Å². The monoisotopic (exact) mass is 252 g/mol. The number of rotatable bonds is 3. The molecule has 2 N–H and O–H groups in total. The van der Waals surface area contributed by atoms with Gasteiger partial charge in [-0.3, -0.25) is 4.79 Å². The van der Waals surface area contributed by atoms with Crippen molar-refractivity contribution in [3.8, 4) is 0 Å². The maximum atomic E-state index is 12.8. The number of nitrogens with two attached hydrogens (primary N) is 1. The smallest absolute Gasteiger partial charge is 0.230 e. The largest absolute Gasteiger partial charge is 0.342 e. The first-order valence-corrected chi connectivity index (χ1v) is 7.71. The minimum absolute atomic E-state index is 0.214. The summed E-state index contributed by atoms with van der Waals surface area (Å²) >= 11 is 0. The minimum Gasteiger partial charge on any atom is -0.342 e. The molecule has 0 radical (unpaired) electrons. The Bertz CT molecular complexity index is 284. The highest BCUT2D eigenvalue weighted by Crippen LogP contribution is 2.38. The van der Waals surface area contributed by atoms with E-state index in [0.29, 0.717) is 18.4 Å². The molecule has 1 aliphatic carbocycles. The van der Waals surface area contributed by atoms with Crippen LogP contribution in [0.5, 0.6) is 0 Å². The number of amides is 1. The second kappa shape index (κ2) is 6.05. The lowest BCUT2D eigenvalue weighted by Gasteiger charge is -2.42. The van der Waals surface area contributed by atoms with Gasteiger partial charge in [0.1, 0.15) is 0 Å². The Morgan fingerprint density at radius 3 is 2.61 bits per heavy atom. The third-order valence-corrected chi connectivity index (χ3v) is 5.04. The molecule has 0 aromatic carbocycles. The molecule has 0 spiro atoms. The minimum atomic E-state index is -0.214. The number of hydrogen-bond acceptors (Lipinski definition) is 2. The Hall–Kier alpha value is -0.570. The van der Waals surface area contributed by atoms with Crippen LogP contribution in [-0.4, -0.2) is 30.4 Å². The highest BCUT2D eigenvalue weighted by atomic mass is 16.2. The van der Waals surface area contributed by atoms with Gasteiger partial charge in [0.15, 0.2) is 0 Å². The first kappa shape index (κ1) is 13.9. The molecular weight excluding hydrogens is 224 g/mol. The van der Waals surface area contributed by atoms with E-state index >= 15 is 0 Å². The van der Waals surface area contributed by atoms with E-state index in [9.17, 15) is 4.79 Å². The third kappa shape index (κ3) is 2.71. The number of nitrogens with zero attached hydrogens (tertiary/aromatic N) is 1. The van der Waals surface area contributed by atoms with E-state index in [2.05, 4.69) is 11.8 Å². The van der Waals surface area contributed by atoms with Crippen molar-refractivity contribution in [2.24, 2.45) is 17.1 Å². The third-order valence-electron chi connectivity index (χ3n) is 5.04. The highest BCUT2D eigenvalue weighted by molar-refractivity contribution is 5.83. The van der Waals surface area contributed by atoms with Gasteiger partial charge in [0.25, 0.3) is 0 Å². The first-order chi connectivity index (χ1) is 8.72. The van der Waals surface area contributed by atoms with Crippen LogP contribution in [-0.2, 0) is 4.79 Å². The molecule has 2 rings (SSSR count). The topological polar surface area (TPSA) is 46.3 Å². The maximum Gasteiger partial charge on any atom is 0.230 e. The van der Waals surface area contributed by atoms with Crippen molar-refractivity contribution in [1.29, 1.82) is 0 Å². The molecule has 1 atom stereocenters. The molecule has 2 fully saturated rings. The molecule has 3 nitrogen and oxygen atoms in total. The van der Waals surface area contributed by atoms with Gasteiger partial charge in [0.05, 0.1) is 5.41 Å². The number of hydrogen-bond donors (Lipinski definition) is 1. The van der Waals surface area contributed by atoms with Crippen molar-refractivity contribution < 1.29 is 4.79 Å². The molecule has 1 amide bonds. The quantitative estimate of drug-likeness (QED) is 0.839. The SMILES string of the molecule is CCC1CCCN(C(=O)C2(CN)CCCCC2)C1. The number of carbonyl (C=O) groups excluding carboxylic acids is 1. The predicted molar refractivity (Wildman–Crippen MR) is 74.2 cm³/mol. The lowest BCUT2D eigenvalue weighted by molar-refractivity contribution is -0.145. The lowest BCUT2D eigenvalue weighted by Crippen LogP contribution is -2.51. The molecule has 1 saturated carbocycles. The van der Waals surface area contributed by atoms with Gasteiger partial charge in [0.2, 0.25) is 5.91 Å². The fourth-order valence-corrected chi connectivity index (χ4v) is 3.65. The summed E-state index contributed by atoms with van der Waals surface area (Å²) in [6, 6.07) is 0. The first-order valence-electron chi connectivity index (χ1n) is 7.71. The van der Waals surface area contributed by atoms with Crippen LogP contribution in [0.2, 0.25) is 0 Å². The number of likely N-dealkylation sites (tertiary alicyclic amines) is 1. The van der Waals surface area contributed by atoms with Crippen LogP contribution in [0.25, 0.3) is 0 Å². The van der Waals surface area contributed by atoms with Gasteiger partial charge < -0.3 is 10.6 Å². The predicted octanol–water partition coefficient (Wildman–Crippen LogP) is 2.54. The van der Waals surface area contributed by atoms with E-state index < -0.39 is 0 Å². The average Bonchev–Trinajstić information content (AvgIpc) is 2.47. The van der Waals surface area contributed by atoms with E-state index in [4.69, 9.17) is 5.73 Å². The van der Waals surface area contributed by atoms with Crippen LogP contribution in [0.1, 0.15) is 58.3 Å². The van der Waals surface area contributed by atoms with E-state index in [-0.39, 0.29) is 5.41 Å². The van der Waals surface area contributed by atoms with Crippen molar-refractivity contribution in [3.05, 3.63) is 0 Å². The van der Waals surface area contributed by atoms with Gasteiger partial charge in [0, 0.05) is 19.6 Å². The molecule has 104 valence electrons. The van der Waals surface area contributed by atoms with Crippen LogP contribution in [0.4, 0.5) is 0 Å². The van der Waals surface area contributed by atoms with Gasteiger partial charge >= 0.3 is 0 Å². The van der Waals surface area contributed by atoms with Crippen molar-refractivity contribution in [2.45, 2.75) is 58.3 Å². The molecule has 2 aliphatic rings. The van der Waals surface area contributed by atoms with Gasteiger partial charge in [-0.1, -0.05) is 32.6 Å². The van der Waals surface area contributed by atoms with Crippen LogP contribution < -0.4 is 5.73 Å². The normalized spacial score (nSPS) is 28.1. The van der Waals surface area contributed by atoms with Gasteiger partial charge in [-0.05, 0) is 31.6 Å². The van der Waals surface area contributed by atoms with Gasteiger partial charge in [-0.2, -0.15) is 0 Å². The summed E-state index contributed by atoms with van der Waals surface area (Å²) in [6.07, 6.45) is 9.29. The number of carbonyl (C=O) groups is 1. The molecule has 1 heterocycles. The molecule has 3 heteroatoms. The van der Waals surface area contributed by atoms with Crippen molar-refractivity contribution in [1.82, 2.24) is 4.90 Å². The second-order valence-corrected chi connectivity index (χ2v) is 6.21. The van der Waals surface area contributed by atoms with E-state index in [1.807, 2.05) is 0 Å². The standard InChI is InChI=1S/C15H28N2O/c1-2-13-7-6-10-17(11-13)14(18)15(12-16)8-4-3-5-9-15/h13H,2-12,16H2,1H3. The Kier molecular flexibility index (Phi) is 4.66. The van der Waals surface area contributed by atoms with Crippen LogP contribution in [0.15, 0.2) is 0 Å². The summed E-state index contributed by atoms with van der Waals surface area (Å²) in [6.45, 7) is 4.70. The van der Waals surface area contributed by atoms with Crippen LogP contribution >= 0.6 is 0 Å². The number of piperidine rings is 1. The summed E-state index contributed by atoms with van der Waals surface area (Å²) < 4.78 is 0. The fourth-order valence-electron chi connectivity index (χ4n) is 3.65. The average molecular weight is 252 g/mol. The summed E-state index contributed by atoms with van der Waals surface area (Å²) in [4.78, 5) is 14.9. The molecular formula is C15H28N2O. The van der Waals surface area contributed by atoms with Crippen molar-refractivity contribution in [3.63, 3.8) is 0 Å². The Balaban J connectivity index is 2.04. The summed E-state index contributed by atoms with van der Waals surface area (Å²) in [5.41, 5.74) is 5.75. The molecule has 0 aromatic heterocycles. The molecule has 1 saturated heterocycles. The zero-order chi connectivity index (χ0) is 13.0. The Labute approximate surface area is 111 Å². The van der Waals surface area contributed by atoms with Crippen molar-refractivity contribution >= 4 is 5.91 Å². The second-order valence-electron chi connectivity index (χ2n) is 6.21. The summed E-state index contributed by atoms with van der Waals surface area (Å²) in [5, 5.41) is 0. The lowest BCUT2D eigenvalue weighted by atomic mass is 9.72. The zero-order valence-electron chi connectivity index (χ0n) is 11.8. The Morgan fingerprint density at radius 2 is 2.00 bits per heavy atom. The summed E-state index contributed by atoms with van der Waals surface area (Å²) in [7, 11) is 0. The van der Waals surface area contributed by atoms with Gasteiger partial charge in [-0.15, -0.1) is 0 Å². The van der Waals surface area contributed by atoms with Crippen LogP contribution in [0, 0.1) is 11.3 Å². The molecule has 18 heavy (non-hydrogen) atoms. The summed E-state index contributed by atoms with van der Waals surface area (Å²) in [5.74, 6) is 1.07. The van der Waals surface area contributed by atoms with Crippen molar-refractivity contribution in [2.75, 3.05) is 19.6 Å². The highest BCUT2D eigenvalue weighted by Gasteiger charge is 2.41. The zero-order valence-corrected chi connectivity index (χ0v) is 11.8. The molecule has 0 bridgehead atoms. The molecule has 0 aromatic rings. The van der Waals surface area contributed by atoms with Gasteiger partial charge in [-0.25, -0.2) is 0 Å². The molecule has 1 unspecified atom stereocenters. The van der Waals surface area contributed by atoms with Crippen LogP contribution in [0.3, 0.4) is 0 Å². The Morgan fingerprint density at radius 1 is 1.28 bits per heavy atom. The fraction of sp³-hybridized carbons (Fsp3) is 0.933. The van der Waals surface area contributed by atoms with E-state index in [0.717, 1.165) is 25.9 Å². The maximum absolute atomic E-state index is 12.8. The van der Waals surface area contributed by atoms with E-state index in [1.54, 1.807) is 0 Å². The molecule has 1 aliphatic heterocycles.